The first-order valence-corrected chi connectivity index (χ1v) is 12.0. The molecule has 0 radical (unpaired) electrons. The van der Waals surface area contributed by atoms with Gasteiger partial charge in [-0.3, -0.25) is 0 Å². The van der Waals surface area contributed by atoms with Crippen LogP contribution in [-0.2, 0) is 4.74 Å². The van der Waals surface area contributed by atoms with E-state index in [4.69, 9.17) is 9.47 Å². The zero-order chi connectivity index (χ0) is 30.4. The zero-order valence-corrected chi connectivity index (χ0v) is 21.3. The normalized spacial score (nSPS) is 13.2. The molecule has 222 valence electrons. The fraction of sp³-hybridized carbons (Fsp3) is 0.321. The van der Waals surface area contributed by atoms with E-state index in [0.717, 1.165) is 5.56 Å². The molecule has 0 aliphatic heterocycles. The van der Waals surface area contributed by atoms with Crippen LogP contribution in [0.25, 0.3) is 11.1 Å². The highest BCUT2D eigenvalue weighted by Crippen LogP contribution is 2.48. The molecule has 0 unspecified atom stereocenters. The van der Waals surface area contributed by atoms with Crippen LogP contribution < -0.4 is 9.47 Å². The van der Waals surface area contributed by atoms with Crippen LogP contribution in [0.3, 0.4) is 0 Å². The van der Waals surface area contributed by atoms with E-state index in [9.17, 15) is 45.0 Å². The zero-order valence-electron chi connectivity index (χ0n) is 21.3. The molecular weight excluding hydrogens is 568 g/mol. The molecule has 3 rings (SSSR count). The standard InChI is InChI=1S/C28H24F8O5/c1-17(37)18-6-12-23(13-7-18)41-24(38)21-4-2-19(3-5-21)20-8-10-22(11-9-20)40-15-14-39-16-26(31,32)28(35,36)27(33,34)25(29)30/h2-13,17,25,37H,14-16H2,1H3/t17-/m1/s1. The van der Waals surface area contributed by atoms with Crippen LogP contribution >= 0.6 is 0 Å². The summed E-state index contributed by atoms with van der Waals surface area (Å²) in [5.74, 6) is -18.2. The van der Waals surface area contributed by atoms with Gasteiger partial charge in [0, 0.05) is 0 Å². The second-order valence-corrected chi connectivity index (χ2v) is 8.84. The van der Waals surface area contributed by atoms with Gasteiger partial charge in [-0.05, 0) is 60.0 Å². The number of esters is 1. The summed E-state index contributed by atoms with van der Waals surface area (Å²) in [5.41, 5.74) is 2.39. The number of ether oxygens (including phenoxy) is 3. The quantitative estimate of drug-likeness (QED) is 0.0985. The van der Waals surface area contributed by atoms with Crippen molar-refractivity contribution in [2.24, 2.45) is 0 Å². The molecule has 0 aliphatic rings. The van der Waals surface area contributed by atoms with E-state index in [1.807, 2.05) is 0 Å². The van der Waals surface area contributed by atoms with Crippen molar-refractivity contribution in [1.82, 2.24) is 0 Å². The van der Waals surface area contributed by atoms with Crippen LogP contribution in [0, 0.1) is 0 Å². The Bertz CT molecular complexity index is 1280. The van der Waals surface area contributed by atoms with Crippen LogP contribution in [-0.4, -0.2) is 55.1 Å². The summed E-state index contributed by atoms with van der Waals surface area (Å²) in [6.45, 7) is -1.75. The van der Waals surface area contributed by atoms with Gasteiger partial charge in [0.2, 0.25) is 0 Å². The second kappa shape index (κ2) is 12.9. The molecule has 13 heteroatoms. The van der Waals surface area contributed by atoms with E-state index in [-0.39, 0.29) is 11.3 Å². The summed E-state index contributed by atoms with van der Waals surface area (Å²) < 4.78 is 118. The van der Waals surface area contributed by atoms with Gasteiger partial charge in [-0.25, -0.2) is 13.6 Å². The third-order valence-corrected chi connectivity index (χ3v) is 5.81. The number of aliphatic hydroxyl groups excluding tert-OH is 1. The monoisotopic (exact) mass is 592 g/mol. The maximum Gasteiger partial charge on any atom is 0.380 e. The fourth-order valence-electron chi connectivity index (χ4n) is 3.41. The summed E-state index contributed by atoms with van der Waals surface area (Å²) >= 11 is 0. The van der Waals surface area contributed by atoms with Crippen molar-refractivity contribution >= 4 is 5.97 Å². The summed E-state index contributed by atoms with van der Waals surface area (Å²) in [5, 5.41) is 9.55. The first-order chi connectivity index (χ1) is 19.2. The number of alkyl halides is 8. The first kappa shape index (κ1) is 31.8. The maximum absolute atomic E-state index is 13.5. The Balaban J connectivity index is 1.48. The number of hydrogen-bond donors (Lipinski definition) is 1. The molecule has 0 spiro atoms. The van der Waals surface area contributed by atoms with Gasteiger partial charge >= 0.3 is 30.2 Å². The van der Waals surface area contributed by atoms with Gasteiger partial charge in [0.25, 0.3) is 0 Å². The summed E-state index contributed by atoms with van der Waals surface area (Å²) in [6, 6.07) is 19.1. The molecule has 1 N–H and O–H groups in total. The third-order valence-electron chi connectivity index (χ3n) is 5.81. The Hall–Kier alpha value is -3.71. The third kappa shape index (κ3) is 7.53. The van der Waals surface area contributed by atoms with Gasteiger partial charge in [-0.1, -0.05) is 36.4 Å². The van der Waals surface area contributed by atoms with Gasteiger partial charge in [-0.2, -0.15) is 26.3 Å². The van der Waals surface area contributed by atoms with Gasteiger partial charge in [0.15, 0.2) is 0 Å². The predicted octanol–water partition coefficient (Wildman–Crippen LogP) is 7.19. The second-order valence-electron chi connectivity index (χ2n) is 8.84. The van der Waals surface area contributed by atoms with E-state index >= 15 is 0 Å². The molecule has 0 amide bonds. The van der Waals surface area contributed by atoms with Crippen LogP contribution in [0.15, 0.2) is 72.8 Å². The van der Waals surface area contributed by atoms with E-state index in [1.165, 1.54) is 12.1 Å². The highest BCUT2D eigenvalue weighted by molar-refractivity contribution is 5.91. The van der Waals surface area contributed by atoms with Crippen molar-refractivity contribution in [2.45, 2.75) is 37.2 Å². The average Bonchev–Trinajstić information content (AvgIpc) is 2.93. The minimum absolute atomic E-state index is 0.237. The number of carbonyl (C=O) groups is 1. The van der Waals surface area contributed by atoms with Crippen molar-refractivity contribution < 1.29 is 59.2 Å². The van der Waals surface area contributed by atoms with Crippen LogP contribution in [0.1, 0.15) is 28.9 Å². The molecule has 0 saturated carbocycles. The number of rotatable bonds is 13. The minimum atomic E-state index is -6.32. The summed E-state index contributed by atoms with van der Waals surface area (Å²) in [7, 11) is 0. The Kier molecular flexibility index (Phi) is 9.98. The van der Waals surface area contributed by atoms with Crippen molar-refractivity contribution in [2.75, 3.05) is 19.8 Å². The van der Waals surface area contributed by atoms with Crippen molar-refractivity contribution in [3.05, 3.63) is 83.9 Å². The number of benzene rings is 3. The first-order valence-electron chi connectivity index (χ1n) is 12.0. The number of hydrogen-bond acceptors (Lipinski definition) is 5. The topological polar surface area (TPSA) is 65.0 Å². The maximum atomic E-state index is 13.5. The van der Waals surface area contributed by atoms with Crippen molar-refractivity contribution in [3.63, 3.8) is 0 Å². The number of carbonyl (C=O) groups excluding carboxylic acids is 1. The molecule has 0 bridgehead atoms. The Morgan fingerprint density at radius 1 is 0.780 bits per heavy atom. The summed E-state index contributed by atoms with van der Waals surface area (Å²) in [4.78, 5) is 12.4. The molecule has 0 heterocycles. The van der Waals surface area contributed by atoms with Crippen LogP contribution in [0.2, 0.25) is 0 Å². The van der Waals surface area contributed by atoms with E-state index in [0.29, 0.717) is 16.9 Å². The van der Waals surface area contributed by atoms with E-state index in [1.54, 1.807) is 67.6 Å². The minimum Gasteiger partial charge on any atom is -0.491 e. The van der Waals surface area contributed by atoms with Crippen molar-refractivity contribution in [3.8, 4) is 22.6 Å². The Morgan fingerprint density at radius 2 is 1.29 bits per heavy atom. The average molecular weight is 592 g/mol. The SMILES string of the molecule is C[C@@H](O)c1ccc(OC(=O)c2ccc(-c3ccc(OCCOCC(F)(F)C(F)(F)C(F)(F)C(F)F)cc3)cc2)cc1. The van der Waals surface area contributed by atoms with Crippen LogP contribution in [0.5, 0.6) is 11.5 Å². The highest BCUT2D eigenvalue weighted by atomic mass is 19.4. The molecule has 3 aromatic carbocycles. The molecule has 0 saturated heterocycles. The smallest absolute Gasteiger partial charge is 0.380 e. The van der Waals surface area contributed by atoms with E-state index < -0.39 is 56.1 Å². The number of halogens is 8. The van der Waals surface area contributed by atoms with Gasteiger partial charge < -0.3 is 19.3 Å². The largest absolute Gasteiger partial charge is 0.491 e. The Morgan fingerprint density at radius 3 is 1.80 bits per heavy atom. The molecular formula is C28H24F8O5. The number of aliphatic hydroxyl groups is 1. The lowest BCUT2D eigenvalue weighted by Crippen LogP contribution is -2.59. The van der Waals surface area contributed by atoms with Gasteiger partial charge in [0.05, 0.1) is 18.3 Å². The molecule has 3 aromatic rings. The molecule has 41 heavy (non-hydrogen) atoms. The highest BCUT2D eigenvalue weighted by Gasteiger charge is 2.75. The lowest BCUT2D eigenvalue weighted by molar-refractivity contribution is -0.346. The van der Waals surface area contributed by atoms with Gasteiger partial charge in [-0.15, -0.1) is 0 Å². The molecule has 0 fully saturated rings. The van der Waals surface area contributed by atoms with E-state index in [2.05, 4.69) is 4.74 Å². The van der Waals surface area contributed by atoms with Crippen molar-refractivity contribution in [1.29, 1.82) is 0 Å². The molecule has 0 aliphatic carbocycles. The Labute approximate surface area is 229 Å². The molecule has 5 nitrogen and oxygen atoms in total. The summed E-state index contributed by atoms with van der Waals surface area (Å²) in [6.07, 6.45) is -5.64. The lowest BCUT2D eigenvalue weighted by Gasteiger charge is -2.31. The molecule has 0 aromatic heterocycles. The predicted molar refractivity (Wildman–Crippen MR) is 131 cm³/mol. The van der Waals surface area contributed by atoms with Crippen LogP contribution in [0.4, 0.5) is 35.1 Å². The molecule has 1 atom stereocenters. The lowest BCUT2D eigenvalue weighted by atomic mass is 10.0. The van der Waals surface area contributed by atoms with Gasteiger partial charge in [0.1, 0.15) is 24.7 Å². The fourth-order valence-corrected chi connectivity index (χ4v) is 3.41.